The normalized spacial score (nSPS) is 20.7. The number of nitrogens with one attached hydrogen (secondary N) is 1. The molecular weight excluding hydrogens is 331 g/mol. The first-order chi connectivity index (χ1) is 11.5. The number of aryl methyl sites for hydroxylation is 1. The average molecular weight is 346 g/mol. The predicted molar refractivity (Wildman–Crippen MR) is 89.1 cm³/mol. The smallest absolute Gasteiger partial charge is 0.265 e. The van der Waals surface area contributed by atoms with Crippen molar-refractivity contribution in [2.45, 2.75) is 19.0 Å². The minimum Gasteiger partial charge on any atom is -0.351 e. The second-order valence-electron chi connectivity index (χ2n) is 5.79. The first kappa shape index (κ1) is 15.0. The van der Waals surface area contributed by atoms with E-state index in [1.165, 1.54) is 11.3 Å². The molecular formula is C15H15FN6OS. The van der Waals surface area contributed by atoms with Gasteiger partial charge in [0.1, 0.15) is 5.52 Å². The van der Waals surface area contributed by atoms with Gasteiger partial charge in [0.25, 0.3) is 5.91 Å². The zero-order chi connectivity index (χ0) is 16.7. The third kappa shape index (κ3) is 2.50. The number of thiazole rings is 1. The zero-order valence-corrected chi connectivity index (χ0v) is 13.8. The van der Waals surface area contributed by atoms with Crippen molar-refractivity contribution >= 4 is 33.7 Å². The lowest BCUT2D eigenvalue weighted by atomic mass is 10.1. The van der Waals surface area contributed by atoms with E-state index in [9.17, 15) is 4.79 Å². The summed E-state index contributed by atoms with van der Waals surface area (Å²) in [6.07, 6.45) is 5.06. The van der Waals surface area contributed by atoms with Crippen LogP contribution in [0.25, 0.3) is 5.52 Å². The van der Waals surface area contributed by atoms with Crippen LogP contribution in [-0.4, -0.2) is 44.2 Å². The molecule has 4 heterocycles. The van der Waals surface area contributed by atoms with Crippen molar-refractivity contribution in [3.05, 3.63) is 35.7 Å². The monoisotopic (exact) mass is 346 g/mol. The minimum absolute atomic E-state index is 0.0406. The third-order valence-corrected chi connectivity index (χ3v) is 4.76. The van der Waals surface area contributed by atoms with Gasteiger partial charge in [0.05, 0.1) is 12.2 Å². The molecule has 1 atom stereocenters. The lowest BCUT2D eigenvalue weighted by molar-refractivity contribution is -0.126. The summed E-state index contributed by atoms with van der Waals surface area (Å²) in [5.41, 5.74) is -0.300. The fourth-order valence-electron chi connectivity index (χ4n) is 2.91. The van der Waals surface area contributed by atoms with Crippen LogP contribution in [0.5, 0.6) is 0 Å². The van der Waals surface area contributed by atoms with Crippen LogP contribution in [0.2, 0.25) is 0 Å². The van der Waals surface area contributed by atoms with Gasteiger partial charge in [-0.3, -0.25) is 10.1 Å². The molecule has 0 aromatic carbocycles. The molecule has 1 aliphatic heterocycles. The second-order valence-corrected chi connectivity index (χ2v) is 6.69. The number of hydrogen-bond donors (Lipinski definition) is 1. The maximum Gasteiger partial charge on any atom is 0.265 e. The molecule has 4 rings (SSSR count). The van der Waals surface area contributed by atoms with E-state index in [1.807, 2.05) is 13.0 Å². The van der Waals surface area contributed by atoms with Crippen LogP contribution in [0.1, 0.15) is 12.1 Å². The molecule has 0 saturated carbocycles. The summed E-state index contributed by atoms with van der Waals surface area (Å²) >= 11 is 1.26. The number of anilines is 2. The molecule has 24 heavy (non-hydrogen) atoms. The van der Waals surface area contributed by atoms with Gasteiger partial charge in [-0.1, -0.05) is 0 Å². The Labute approximate surface area is 141 Å². The Kier molecular flexibility index (Phi) is 3.45. The SMILES string of the molecule is Cc1cc2c(N3CCC(F)(C(=O)Nc4nccs4)C3)nccn2n1. The van der Waals surface area contributed by atoms with Gasteiger partial charge in [0, 0.05) is 36.9 Å². The van der Waals surface area contributed by atoms with Crippen LogP contribution in [0.3, 0.4) is 0 Å². The Morgan fingerprint density at radius 3 is 3.08 bits per heavy atom. The first-order valence-corrected chi connectivity index (χ1v) is 8.39. The summed E-state index contributed by atoms with van der Waals surface area (Å²) < 4.78 is 16.8. The van der Waals surface area contributed by atoms with E-state index >= 15 is 4.39 Å². The molecule has 1 unspecified atom stereocenters. The van der Waals surface area contributed by atoms with Crippen molar-refractivity contribution in [1.29, 1.82) is 0 Å². The molecule has 3 aromatic rings. The third-order valence-electron chi connectivity index (χ3n) is 4.07. The maximum atomic E-state index is 15.1. The molecule has 0 aliphatic carbocycles. The highest BCUT2D eigenvalue weighted by molar-refractivity contribution is 7.13. The van der Waals surface area contributed by atoms with Crippen molar-refractivity contribution in [2.75, 3.05) is 23.3 Å². The van der Waals surface area contributed by atoms with Crippen molar-refractivity contribution in [2.24, 2.45) is 0 Å². The van der Waals surface area contributed by atoms with Gasteiger partial charge in [-0.2, -0.15) is 5.10 Å². The number of amides is 1. The van der Waals surface area contributed by atoms with Crippen LogP contribution >= 0.6 is 11.3 Å². The standard InChI is InChI=1S/C15H15FN6OS/c1-10-8-11-12(17-3-6-22(11)20-10)21-5-2-15(16,9-21)13(23)19-14-18-4-7-24-14/h3-4,6-8H,2,5,9H2,1H3,(H,18,19,23). The fraction of sp³-hybridized carbons (Fsp3) is 0.333. The second kappa shape index (κ2) is 5.52. The summed E-state index contributed by atoms with van der Waals surface area (Å²) in [5, 5.41) is 9.02. The number of nitrogens with zero attached hydrogens (tertiary/aromatic N) is 5. The highest BCUT2D eigenvalue weighted by Gasteiger charge is 2.46. The van der Waals surface area contributed by atoms with E-state index < -0.39 is 11.6 Å². The summed E-state index contributed by atoms with van der Waals surface area (Å²) in [7, 11) is 0. The Morgan fingerprint density at radius 2 is 2.29 bits per heavy atom. The number of halogens is 1. The number of alkyl halides is 1. The van der Waals surface area contributed by atoms with Crippen molar-refractivity contribution in [1.82, 2.24) is 19.6 Å². The molecule has 1 saturated heterocycles. The van der Waals surface area contributed by atoms with E-state index in [1.54, 1.807) is 33.4 Å². The van der Waals surface area contributed by atoms with Crippen LogP contribution < -0.4 is 10.2 Å². The maximum absolute atomic E-state index is 15.1. The first-order valence-electron chi connectivity index (χ1n) is 7.51. The molecule has 124 valence electrons. The van der Waals surface area contributed by atoms with Gasteiger partial charge in [-0.15, -0.1) is 11.3 Å². The molecule has 9 heteroatoms. The quantitative estimate of drug-likeness (QED) is 0.786. The van der Waals surface area contributed by atoms with Crippen molar-refractivity contribution in [3.63, 3.8) is 0 Å². The van der Waals surface area contributed by atoms with Crippen molar-refractivity contribution < 1.29 is 9.18 Å². The van der Waals surface area contributed by atoms with E-state index in [0.29, 0.717) is 17.5 Å². The molecule has 1 aliphatic rings. The minimum atomic E-state index is -1.96. The number of fused-ring (bicyclic) bond motifs is 1. The summed E-state index contributed by atoms with van der Waals surface area (Å²) in [4.78, 5) is 22.4. The van der Waals surface area contributed by atoms with Crippen LogP contribution in [0.15, 0.2) is 30.0 Å². The van der Waals surface area contributed by atoms with Crippen LogP contribution in [-0.2, 0) is 4.79 Å². The van der Waals surface area contributed by atoms with E-state index in [0.717, 1.165) is 11.2 Å². The zero-order valence-electron chi connectivity index (χ0n) is 12.9. The molecule has 1 N–H and O–H groups in total. The Balaban J connectivity index is 1.58. The molecule has 7 nitrogen and oxygen atoms in total. The average Bonchev–Trinajstić information content (AvgIpc) is 3.26. The van der Waals surface area contributed by atoms with Crippen molar-refractivity contribution in [3.8, 4) is 0 Å². The fourth-order valence-corrected chi connectivity index (χ4v) is 3.43. The van der Waals surface area contributed by atoms with E-state index in [-0.39, 0.29) is 13.0 Å². The number of rotatable bonds is 3. The van der Waals surface area contributed by atoms with Gasteiger partial charge in [-0.05, 0) is 13.0 Å². The van der Waals surface area contributed by atoms with E-state index in [2.05, 4.69) is 20.4 Å². The van der Waals surface area contributed by atoms with Gasteiger partial charge in [0.15, 0.2) is 10.9 Å². The molecule has 3 aromatic heterocycles. The highest BCUT2D eigenvalue weighted by atomic mass is 32.1. The largest absolute Gasteiger partial charge is 0.351 e. The lowest BCUT2D eigenvalue weighted by Gasteiger charge is -2.20. The number of carbonyl (C=O) groups is 1. The molecule has 0 radical (unpaired) electrons. The number of hydrogen-bond acceptors (Lipinski definition) is 6. The topological polar surface area (TPSA) is 75.4 Å². The number of aromatic nitrogens is 4. The van der Waals surface area contributed by atoms with Gasteiger partial charge >= 0.3 is 0 Å². The highest BCUT2D eigenvalue weighted by Crippen LogP contribution is 2.32. The molecule has 0 bridgehead atoms. The molecule has 1 fully saturated rings. The van der Waals surface area contributed by atoms with Gasteiger partial charge in [0.2, 0.25) is 5.67 Å². The summed E-state index contributed by atoms with van der Waals surface area (Å²) in [6.45, 7) is 2.27. The Bertz CT molecular complexity index is 895. The summed E-state index contributed by atoms with van der Waals surface area (Å²) in [6, 6.07) is 1.90. The summed E-state index contributed by atoms with van der Waals surface area (Å²) in [5.74, 6) is -0.0173. The molecule has 0 spiro atoms. The molecule has 1 amide bonds. The van der Waals surface area contributed by atoms with Gasteiger partial charge < -0.3 is 4.90 Å². The van der Waals surface area contributed by atoms with E-state index in [4.69, 9.17) is 0 Å². The number of carbonyl (C=O) groups excluding carboxylic acids is 1. The Morgan fingerprint density at radius 1 is 1.42 bits per heavy atom. The van der Waals surface area contributed by atoms with Crippen LogP contribution in [0, 0.1) is 6.92 Å². The predicted octanol–water partition coefficient (Wildman–Crippen LogP) is 2.05. The van der Waals surface area contributed by atoms with Crippen LogP contribution in [0.4, 0.5) is 15.3 Å². The Hall–Kier alpha value is -2.55. The lowest BCUT2D eigenvalue weighted by Crippen LogP contribution is -2.41. The van der Waals surface area contributed by atoms with Gasteiger partial charge in [-0.25, -0.2) is 18.9 Å².